The number of benzene rings is 1. The van der Waals surface area contributed by atoms with Crippen LogP contribution < -0.4 is 9.47 Å². The standard InChI is InChI=1S/C25H45O14P/c1-30-3-5-32-7-9-34-11-13-36-15-17-38-23-19-22(21-40(27,28)29)20-24(25(23)26)39-18-16-37-14-12-35-10-8-33-6-4-31-2/h19-20,26H,3-18,21H2,1-2H3,(H2,27,28,29). The minimum absolute atomic E-state index is 0.0241. The van der Waals surface area contributed by atoms with E-state index in [0.717, 1.165) is 0 Å². The molecule has 0 aliphatic carbocycles. The lowest BCUT2D eigenvalue weighted by atomic mass is 10.2. The van der Waals surface area contributed by atoms with Crippen molar-refractivity contribution in [2.45, 2.75) is 6.16 Å². The molecule has 1 rings (SSSR count). The van der Waals surface area contributed by atoms with Crippen LogP contribution in [0.15, 0.2) is 12.1 Å². The molecule has 40 heavy (non-hydrogen) atoms. The van der Waals surface area contributed by atoms with Gasteiger partial charge in [-0.3, -0.25) is 4.57 Å². The smallest absolute Gasteiger partial charge is 0.329 e. The van der Waals surface area contributed by atoms with E-state index in [4.69, 9.17) is 47.4 Å². The number of aromatic hydroxyl groups is 1. The van der Waals surface area contributed by atoms with E-state index in [0.29, 0.717) is 79.3 Å². The Balaban J connectivity index is 2.34. The Morgan fingerprint density at radius 2 is 0.850 bits per heavy atom. The van der Waals surface area contributed by atoms with Crippen molar-refractivity contribution in [1.82, 2.24) is 0 Å². The van der Waals surface area contributed by atoms with Gasteiger partial charge in [0.1, 0.15) is 13.2 Å². The number of phenolic OH excluding ortho intramolecular Hbond substituents is 1. The third-order valence-corrected chi connectivity index (χ3v) is 5.59. The van der Waals surface area contributed by atoms with Crippen LogP contribution in [0.2, 0.25) is 0 Å². The summed E-state index contributed by atoms with van der Waals surface area (Å²) in [6, 6.07) is 2.72. The molecule has 1 aromatic carbocycles. The summed E-state index contributed by atoms with van der Waals surface area (Å²) < 4.78 is 64.7. The second-order valence-electron chi connectivity index (χ2n) is 8.12. The molecule has 14 nitrogen and oxygen atoms in total. The average molecular weight is 601 g/mol. The summed E-state index contributed by atoms with van der Waals surface area (Å²) in [5, 5.41) is 10.6. The molecule has 15 heteroatoms. The van der Waals surface area contributed by atoms with Crippen molar-refractivity contribution < 1.29 is 66.8 Å². The van der Waals surface area contributed by atoms with Gasteiger partial charge in [-0.1, -0.05) is 0 Å². The molecule has 0 fully saturated rings. The second-order valence-corrected chi connectivity index (χ2v) is 9.77. The van der Waals surface area contributed by atoms with Crippen molar-refractivity contribution in [3.05, 3.63) is 17.7 Å². The molecule has 3 N–H and O–H groups in total. The normalized spacial score (nSPS) is 11.7. The molecule has 0 atom stereocenters. The molecule has 0 spiro atoms. The number of phenols is 1. The highest BCUT2D eigenvalue weighted by molar-refractivity contribution is 7.50. The zero-order chi connectivity index (χ0) is 29.3. The van der Waals surface area contributed by atoms with Gasteiger partial charge in [-0.05, 0) is 17.7 Å². The van der Waals surface area contributed by atoms with E-state index in [1.54, 1.807) is 14.2 Å². The number of hydrogen-bond donors (Lipinski definition) is 3. The van der Waals surface area contributed by atoms with Crippen molar-refractivity contribution >= 4 is 7.60 Å². The summed E-state index contributed by atoms with van der Waals surface area (Å²) in [5.41, 5.74) is 0.250. The van der Waals surface area contributed by atoms with Gasteiger partial charge in [0.15, 0.2) is 11.5 Å². The van der Waals surface area contributed by atoms with Crippen LogP contribution in [-0.2, 0) is 48.6 Å². The maximum absolute atomic E-state index is 11.5. The molecule has 1 aromatic rings. The fourth-order valence-corrected chi connectivity index (χ4v) is 3.63. The minimum Gasteiger partial charge on any atom is -0.502 e. The zero-order valence-corrected chi connectivity index (χ0v) is 24.3. The zero-order valence-electron chi connectivity index (χ0n) is 23.5. The van der Waals surface area contributed by atoms with Gasteiger partial charge in [0, 0.05) is 14.2 Å². The van der Waals surface area contributed by atoms with E-state index < -0.39 is 13.8 Å². The third kappa shape index (κ3) is 20.3. The summed E-state index contributed by atoms with van der Waals surface area (Å²) in [4.78, 5) is 18.8. The molecule has 234 valence electrons. The van der Waals surface area contributed by atoms with Gasteiger partial charge in [0.25, 0.3) is 0 Å². The van der Waals surface area contributed by atoms with Crippen LogP contribution in [0.4, 0.5) is 0 Å². The molecule has 0 unspecified atom stereocenters. The molecule has 0 saturated heterocycles. The summed E-state index contributed by atoms with van der Waals surface area (Å²) in [7, 11) is -1.15. The Labute approximate surface area is 235 Å². The first-order valence-electron chi connectivity index (χ1n) is 13.0. The summed E-state index contributed by atoms with van der Waals surface area (Å²) in [6.07, 6.45) is -0.536. The number of rotatable bonds is 28. The molecule has 0 aliphatic rings. The first-order valence-corrected chi connectivity index (χ1v) is 14.8. The second kappa shape index (κ2) is 24.1. The van der Waals surface area contributed by atoms with Gasteiger partial charge in [-0.25, -0.2) is 0 Å². The molecule has 0 amide bonds. The van der Waals surface area contributed by atoms with Crippen LogP contribution in [0.3, 0.4) is 0 Å². The number of methoxy groups -OCH3 is 2. The highest BCUT2D eigenvalue weighted by Gasteiger charge is 2.19. The predicted molar refractivity (Wildman–Crippen MR) is 144 cm³/mol. The molecule has 0 bridgehead atoms. The molecule has 0 heterocycles. The highest BCUT2D eigenvalue weighted by Crippen LogP contribution is 2.44. The quantitative estimate of drug-likeness (QED) is 0.0926. The van der Waals surface area contributed by atoms with E-state index >= 15 is 0 Å². The first kappa shape index (κ1) is 36.5. The van der Waals surface area contributed by atoms with E-state index in [9.17, 15) is 19.5 Å². The fraction of sp³-hybridized carbons (Fsp3) is 0.760. The molecular weight excluding hydrogens is 555 g/mol. The Morgan fingerprint density at radius 1 is 0.550 bits per heavy atom. The third-order valence-electron chi connectivity index (χ3n) is 4.81. The van der Waals surface area contributed by atoms with Crippen molar-refractivity contribution in [3.63, 3.8) is 0 Å². The average Bonchev–Trinajstić information content (AvgIpc) is 2.91. The largest absolute Gasteiger partial charge is 0.502 e. The maximum Gasteiger partial charge on any atom is 0.329 e. The Kier molecular flexibility index (Phi) is 22.0. The Morgan fingerprint density at radius 3 is 1.15 bits per heavy atom. The maximum atomic E-state index is 11.5. The molecule has 0 saturated carbocycles. The number of hydrogen-bond acceptors (Lipinski definition) is 12. The number of ether oxygens (including phenoxy) is 10. The lowest BCUT2D eigenvalue weighted by Crippen LogP contribution is -2.14. The Bertz CT molecular complexity index is 742. The summed E-state index contributed by atoms with van der Waals surface area (Å²) >= 11 is 0. The first-order chi connectivity index (χ1) is 19.4. The van der Waals surface area contributed by atoms with E-state index in [2.05, 4.69) is 0 Å². The summed E-state index contributed by atoms with van der Waals surface area (Å²) in [6.45, 7) is 5.95. The van der Waals surface area contributed by atoms with Gasteiger partial charge < -0.3 is 62.3 Å². The van der Waals surface area contributed by atoms with Crippen LogP contribution in [0.1, 0.15) is 5.56 Å². The molecule has 0 radical (unpaired) electrons. The van der Waals surface area contributed by atoms with E-state index in [1.807, 2.05) is 0 Å². The van der Waals surface area contributed by atoms with Gasteiger partial charge in [-0.2, -0.15) is 0 Å². The van der Waals surface area contributed by atoms with Crippen molar-refractivity contribution in [3.8, 4) is 17.2 Å². The van der Waals surface area contributed by atoms with Gasteiger partial charge in [-0.15, -0.1) is 0 Å². The van der Waals surface area contributed by atoms with Crippen molar-refractivity contribution in [2.75, 3.05) is 120 Å². The predicted octanol–water partition coefficient (Wildman–Crippen LogP) is 1.22. The monoisotopic (exact) mass is 600 g/mol. The molecule has 0 aliphatic heterocycles. The van der Waals surface area contributed by atoms with Crippen LogP contribution in [0.5, 0.6) is 17.2 Å². The van der Waals surface area contributed by atoms with Crippen molar-refractivity contribution in [1.29, 1.82) is 0 Å². The fourth-order valence-electron chi connectivity index (χ4n) is 2.98. The lowest BCUT2D eigenvalue weighted by Gasteiger charge is -2.15. The topological polar surface area (TPSA) is 170 Å². The molecular formula is C25H45O14P. The molecule has 0 aromatic heterocycles. The van der Waals surface area contributed by atoms with Crippen LogP contribution in [0, 0.1) is 0 Å². The SMILES string of the molecule is COCCOCCOCCOCCOc1cc(CP(=O)(O)O)cc(OCCOCCOCCOCCOC)c1O. The highest BCUT2D eigenvalue weighted by atomic mass is 31.2. The van der Waals surface area contributed by atoms with Crippen LogP contribution in [-0.4, -0.2) is 135 Å². The lowest BCUT2D eigenvalue weighted by molar-refractivity contribution is -0.000274. The minimum atomic E-state index is -4.36. The van der Waals surface area contributed by atoms with E-state index in [1.165, 1.54) is 12.1 Å². The van der Waals surface area contributed by atoms with Gasteiger partial charge in [0.2, 0.25) is 5.75 Å². The van der Waals surface area contributed by atoms with Gasteiger partial charge in [0.05, 0.1) is 98.7 Å². The Hall–Kier alpha value is -1.55. The van der Waals surface area contributed by atoms with Gasteiger partial charge >= 0.3 is 7.60 Å². The van der Waals surface area contributed by atoms with Crippen LogP contribution in [0.25, 0.3) is 0 Å². The summed E-state index contributed by atoms with van der Waals surface area (Å²) in [5.74, 6) is -0.241. The van der Waals surface area contributed by atoms with Crippen LogP contribution >= 0.6 is 7.60 Å². The van der Waals surface area contributed by atoms with E-state index in [-0.39, 0.29) is 49.2 Å². The van der Waals surface area contributed by atoms with Crippen molar-refractivity contribution in [2.24, 2.45) is 0 Å².